The Labute approximate surface area is 109 Å². The maximum Gasteiger partial charge on any atom is 0.142 e. The zero-order chi connectivity index (χ0) is 13.3. The number of thioether (sulfide) groups is 1. The number of aryl methyl sites for hydroxylation is 1. The van der Waals surface area contributed by atoms with Crippen LogP contribution >= 0.6 is 11.8 Å². The second-order valence-corrected chi connectivity index (χ2v) is 4.61. The fourth-order valence-corrected chi connectivity index (χ4v) is 2.34. The number of halogens is 1. The first kappa shape index (κ1) is 12.8. The minimum atomic E-state index is -0.320. The number of benzene rings is 1. The summed E-state index contributed by atoms with van der Waals surface area (Å²) in [4.78, 5) is 0.733. The molecule has 0 aliphatic carbocycles. The highest BCUT2D eigenvalue weighted by atomic mass is 32.2. The number of nitrogens with zero attached hydrogens (tertiary/aromatic N) is 2. The maximum absolute atomic E-state index is 13.6. The van der Waals surface area contributed by atoms with E-state index in [1.807, 2.05) is 6.26 Å². The molecule has 4 nitrogen and oxygen atoms in total. The van der Waals surface area contributed by atoms with Crippen LogP contribution in [0.25, 0.3) is 11.3 Å². The third kappa shape index (κ3) is 2.15. The van der Waals surface area contributed by atoms with Gasteiger partial charge in [-0.05, 0) is 18.4 Å². The third-order valence-electron chi connectivity index (χ3n) is 2.64. The van der Waals surface area contributed by atoms with Gasteiger partial charge in [0, 0.05) is 18.7 Å². The summed E-state index contributed by atoms with van der Waals surface area (Å²) in [5.74, 6) is 0.809. The van der Waals surface area contributed by atoms with E-state index in [9.17, 15) is 4.39 Å². The average Bonchev–Trinajstić information content (AvgIpc) is 2.68. The summed E-state index contributed by atoms with van der Waals surface area (Å²) in [6.45, 7) is 0. The van der Waals surface area contributed by atoms with Gasteiger partial charge < -0.3 is 10.5 Å². The highest BCUT2D eigenvalue weighted by Gasteiger charge is 2.16. The van der Waals surface area contributed by atoms with Crippen LogP contribution in [0.15, 0.2) is 23.1 Å². The summed E-state index contributed by atoms with van der Waals surface area (Å²) in [7, 11) is 3.29. The molecule has 0 saturated heterocycles. The van der Waals surface area contributed by atoms with Crippen molar-refractivity contribution in [2.45, 2.75) is 4.90 Å². The van der Waals surface area contributed by atoms with Crippen LogP contribution in [0, 0.1) is 5.82 Å². The van der Waals surface area contributed by atoms with Gasteiger partial charge in [0.25, 0.3) is 0 Å². The molecule has 2 aromatic rings. The van der Waals surface area contributed by atoms with Crippen LogP contribution in [-0.4, -0.2) is 23.1 Å². The minimum absolute atomic E-state index is 0.320. The van der Waals surface area contributed by atoms with E-state index in [0.29, 0.717) is 22.8 Å². The molecule has 0 unspecified atom stereocenters. The Morgan fingerprint density at radius 2 is 2.11 bits per heavy atom. The van der Waals surface area contributed by atoms with Crippen molar-refractivity contribution in [1.29, 1.82) is 0 Å². The largest absolute Gasteiger partial charge is 0.495 e. The Kier molecular flexibility index (Phi) is 3.47. The first-order chi connectivity index (χ1) is 8.56. The summed E-state index contributed by atoms with van der Waals surface area (Å²) >= 11 is 1.42. The van der Waals surface area contributed by atoms with E-state index in [-0.39, 0.29) is 5.82 Å². The molecular weight excluding hydrogens is 253 g/mol. The third-order valence-corrected chi connectivity index (χ3v) is 3.38. The zero-order valence-corrected chi connectivity index (χ0v) is 11.2. The standard InChI is InChI=1S/C12H14FN3OS/c1-16-11(14)6-9(15-16)8-4-7(13)5-10(18-3)12(8)17-2/h4-6H,14H2,1-3H3. The quantitative estimate of drug-likeness (QED) is 0.868. The Hall–Kier alpha value is -1.69. The van der Waals surface area contributed by atoms with E-state index in [1.54, 1.807) is 24.9 Å². The van der Waals surface area contributed by atoms with Crippen LogP contribution in [0.3, 0.4) is 0 Å². The van der Waals surface area contributed by atoms with Crippen LogP contribution in [0.5, 0.6) is 5.75 Å². The van der Waals surface area contributed by atoms with Crippen LogP contribution in [0.2, 0.25) is 0 Å². The molecule has 1 aromatic carbocycles. The van der Waals surface area contributed by atoms with E-state index in [0.717, 1.165) is 4.90 Å². The summed E-state index contributed by atoms with van der Waals surface area (Å²) in [6, 6.07) is 4.54. The number of ether oxygens (including phenoxy) is 1. The SMILES string of the molecule is COc1c(SC)cc(F)cc1-c1cc(N)n(C)n1. The predicted molar refractivity (Wildman–Crippen MR) is 71.3 cm³/mol. The van der Waals surface area contributed by atoms with Crippen LogP contribution in [0.4, 0.5) is 10.2 Å². The van der Waals surface area contributed by atoms with Gasteiger partial charge in [-0.3, -0.25) is 4.68 Å². The Bertz CT molecular complexity index is 563. The van der Waals surface area contributed by atoms with Crippen LogP contribution in [0.1, 0.15) is 0 Å². The summed E-state index contributed by atoms with van der Waals surface area (Å²) in [6.07, 6.45) is 1.87. The Morgan fingerprint density at radius 1 is 1.39 bits per heavy atom. The molecule has 0 fully saturated rings. The number of aromatic nitrogens is 2. The highest BCUT2D eigenvalue weighted by molar-refractivity contribution is 7.98. The van der Waals surface area contributed by atoms with E-state index >= 15 is 0 Å². The minimum Gasteiger partial charge on any atom is -0.495 e. The van der Waals surface area contributed by atoms with Crippen molar-refractivity contribution in [3.05, 3.63) is 24.0 Å². The number of rotatable bonds is 3. The molecule has 0 saturated carbocycles. The lowest BCUT2D eigenvalue weighted by Crippen LogP contribution is -1.97. The number of hydrogen-bond donors (Lipinski definition) is 1. The number of hydrogen-bond acceptors (Lipinski definition) is 4. The lowest BCUT2D eigenvalue weighted by atomic mass is 10.1. The normalized spacial score (nSPS) is 10.7. The van der Waals surface area contributed by atoms with Gasteiger partial charge in [-0.1, -0.05) is 0 Å². The molecule has 6 heteroatoms. The molecular formula is C12H14FN3OS. The highest BCUT2D eigenvalue weighted by Crippen LogP contribution is 2.38. The van der Waals surface area contributed by atoms with E-state index in [1.165, 1.54) is 23.9 Å². The smallest absolute Gasteiger partial charge is 0.142 e. The Morgan fingerprint density at radius 3 is 2.61 bits per heavy atom. The van der Waals surface area contributed by atoms with Crippen molar-refractivity contribution in [3.63, 3.8) is 0 Å². The molecule has 2 N–H and O–H groups in total. The number of nitrogen functional groups attached to an aromatic ring is 1. The summed E-state index contributed by atoms with van der Waals surface area (Å²) in [5.41, 5.74) is 6.94. The lowest BCUT2D eigenvalue weighted by molar-refractivity contribution is 0.405. The Balaban J connectivity index is 2.65. The topological polar surface area (TPSA) is 53.1 Å². The van der Waals surface area contributed by atoms with Gasteiger partial charge in [0.2, 0.25) is 0 Å². The van der Waals surface area contributed by atoms with Crippen molar-refractivity contribution in [2.75, 3.05) is 19.1 Å². The average molecular weight is 267 g/mol. The molecule has 0 atom stereocenters. The van der Waals surface area contributed by atoms with Crippen molar-refractivity contribution >= 4 is 17.6 Å². The number of methoxy groups -OCH3 is 1. The molecule has 2 rings (SSSR count). The fraction of sp³-hybridized carbons (Fsp3) is 0.250. The van der Waals surface area contributed by atoms with E-state index in [2.05, 4.69) is 5.10 Å². The van der Waals surface area contributed by atoms with Crippen molar-refractivity contribution in [2.24, 2.45) is 7.05 Å². The second-order valence-electron chi connectivity index (χ2n) is 3.77. The zero-order valence-electron chi connectivity index (χ0n) is 10.4. The van der Waals surface area contributed by atoms with Gasteiger partial charge in [-0.25, -0.2) is 4.39 Å². The maximum atomic E-state index is 13.6. The first-order valence-electron chi connectivity index (χ1n) is 5.28. The molecule has 0 bridgehead atoms. The molecule has 0 radical (unpaired) electrons. The number of anilines is 1. The van der Waals surface area contributed by atoms with Gasteiger partial charge in [0.15, 0.2) is 0 Å². The van der Waals surface area contributed by atoms with Gasteiger partial charge in [0.1, 0.15) is 17.4 Å². The van der Waals surface area contributed by atoms with Crippen LogP contribution in [-0.2, 0) is 7.05 Å². The second kappa shape index (κ2) is 4.89. The van der Waals surface area contributed by atoms with E-state index in [4.69, 9.17) is 10.5 Å². The van der Waals surface area contributed by atoms with Crippen molar-refractivity contribution < 1.29 is 9.13 Å². The summed E-state index contributed by atoms with van der Waals surface area (Å²) < 4.78 is 20.5. The molecule has 1 aromatic heterocycles. The first-order valence-corrected chi connectivity index (χ1v) is 6.50. The monoisotopic (exact) mass is 267 g/mol. The molecule has 0 aliphatic rings. The molecule has 0 spiro atoms. The molecule has 18 heavy (non-hydrogen) atoms. The molecule has 0 aliphatic heterocycles. The van der Waals surface area contributed by atoms with Gasteiger partial charge >= 0.3 is 0 Å². The molecule has 1 heterocycles. The van der Waals surface area contributed by atoms with E-state index < -0.39 is 0 Å². The molecule has 0 amide bonds. The van der Waals surface area contributed by atoms with Crippen molar-refractivity contribution in [3.8, 4) is 17.0 Å². The number of nitrogens with two attached hydrogens (primary N) is 1. The fourth-order valence-electron chi connectivity index (χ4n) is 1.73. The predicted octanol–water partition coefficient (Wildman–Crippen LogP) is 2.54. The van der Waals surface area contributed by atoms with Crippen molar-refractivity contribution in [1.82, 2.24) is 9.78 Å². The van der Waals surface area contributed by atoms with Crippen LogP contribution < -0.4 is 10.5 Å². The lowest BCUT2D eigenvalue weighted by Gasteiger charge is -2.10. The van der Waals surface area contributed by atoms with Gasteiger partial charge in [0.05, 0.1) is 17.7 Å². The van der Waals surface area contributed by atoms with Gasteiger partial charge in [-0.2, -0.15) is 5.10 Å². The summed E-state index contributed by atoms with van der Waals surface area (Å²) in [5, 5.41) is 4.24. The molecule has 96 valence electrons. The van der Waals surface area contributed by atoms with Gasteiger partial charge in [-0.15, -0.1) is 11.8 Å².